The summed E-state index contributed by atoms with van der Waals surface area (Å²) in [6.45, 7) is 3.71. The number of urea groups is 1. The lowest BCUT2D eigenvalue weighted by Crippen LogP contribution is -2.20. The van der Waals surface area contributed by atoms with Gasteiger partial charge in [-0.05, 0) is 38.1 Å². The van der Waals surface area contributed by atoms with Crippen LogP contribution in [0.2, 0.25) is 0 Å². The summed E-state index contributed by atoms with van der Waals surface area (Å²) in [5.41, 5.74) is 1.13. The number of halogens is 2. The first-order chi connectivity index (χ1) is 11.8. The lowest BCUT2D eigenvalue weighted by Gasteiger charge is -2.09. The van der Waals surface area contributed by atoms with Crippen LogP contribution in [-0.2, 0) is 0 Å². The zero-order chi connectivity index (χ0) is 18.1. The van der Waals surface area contributed by atoms with Crippen molar-refractivity contribution in [3.8, 4) is 0 Å². The van der Waals surface area contributed by atoms with Gasteiger partial charge in [-0.25, -0.2) is 18.4 Å². The molecule has 2 aromatic carbocycles. The van der Waals surface area contributed by atoms with Crippen LogP contribution in [-0.4, -0.2) is 10.6 Å². The van der Waals surface area contributed by atoms with Gasteiger partial charge >= 0.3 is 11.8 Å². The number of anilines is 2. The molecule has 0 radical (unpaired) electrons. The first-order valence-electron chi connectivity index (χ1n) is 7.53. The molecule has 0 atom stereocenters. The highest BCUT2D eigenvalue weighted by molar-refractivity contribution is 6.00. The summed E-state index contributed by atoms with van der Waals surface area (Å²) in [5.74, 6) is -2.11. The summed E-state index contributed by atoms with van der Waals surface area (Å²) < 4.78 is 33.1. The maximum atomic E-state index is 13.5. The van der Waals surface area contributed by atoms with E-state index in [0.717, 1.165) is 12.1 Å². The Labute approximate surface area is 141 Å². The van der Waals surface area contributed by atoms with Gasteiger partial charge in [0.25, 0.3) is 0 Å². The Hall–Kier alpha value is -3.16. The number of benzene rings is 2. The fourth-order valence-corrected chi connectivity index (χ4v) is 2.48. The van der Waals surface area contributed by atoms with E-state index >= 15 is 0 Å². The van der Waals surface area contributed by atoms with E-state index in [2.05, 4.69) is 10.6 Å². The Morgan fingerprint density at radius 3 is 2.56 bits per heavy atom. The summed E-state index contributed by atoms with van der Waals surface area (Å²) in [5, 5.41) is 4.78. The Morgan fingerprint density at radius 2 is 1.88 bits per heavy atom. The van der Waals surface area contributed by atoms with Crippen LogP contribution in [0.15, 0.2) is 45.6 Å². The number of nitrogens with zero attached hydrogens (tertiary/aromatic N) is 1. The molecule has 0 aliphatic rings. The Bertz CT molecular complexity index is 1010. The van der Waals surface area contributed by atoms with Crippen molar-refractivity contribution < 1.29 is 18.0 Å². The van der Waals surface area contributed by atoms with Crippen LogP contribution >= 0.6 is 0 Å². The number of carbonyl (C=O) groups is 1. The number of carbonyl (C=O) groups excluding carboxylic acids is 1. The molecule has 0 saturated carbocycles. The average molecular weight is 347 g/mol. The number of rotatable bonds is 3. The van der Waals surface area contributed by atoms with E-state index in [1.54, 1.807) is 12.1 Å². The highest BCUT2D eigenvalue weighted by Gasteiger charge is 2.13. The normalized spacial score (nSPS) is 11.1. The van der Waals surface area contributed by atoms with Gasteiger partial charge in [0.2, 0.25) is 0 Å². The van der Waals surface area contributed by atoms with Gasteiger partial charge in [0.15, 0.2) is 5.58 Å². The van der Waals surface area contributed by atoms with Crippen molar-refractivity contribution in [2.24, 2.45) is 0 Å². The van der Waals surface area contributed by atoms with Gasteiger partial charge in [-0.2, -0.15) is 0 Å². The molecule has 2 N–H and O–H groups in total. The molecule has 2 amide bonds. The molecule has 0 aliphatic heterocycles. The highest BCUT2D eigenvalue weighted by atomic mass is 19.1. The van der Waals surface area contributed by atoms with Crippen molar-refractivity contribution in [1.29, 1.82) is 0 Å². The number of aromatic nitrogens is 1. The summed E-state index contributed by atoms with van der Waals surface area (Å²) in [7, 11) is 0. The second kappa shape index (κ2) is 6.39. The summed E-state index contributed by atoms with van der Waals surface area (Å²) in [6, 6.07) is 6.78. The molecule has 0 aliphatic carbocycles. The van der Waals surface area contributed by atoms with Crippen molar-refractivity contribution in [2.75, 3.05) is 10.6 Å². The van der Waals surface area contributed by atoms with Crippen LogP contribution in [0.1, 0.15) is 19.9 Å². The third kappa shape index (κ3) is 3.37. The molecular weight excluding hydrogens is 332 g/mol. The second-order valence-corrected chi connectivity index (χ2v) is 5.72. The Balaban J connectivity index is 1.80. The molecule has 0 bridgehead atoms. The zero-order valence-corrected chi connectivity index (χ0v) is 13.5. The lowest BCUT2D eigenvalue weighted by molar-refractivity contribution is 0.262. The van der Waals surface area contributed by atoms with Crippen LogP contribution in [0, 0.1) is 11.6 Å². The maximum absolute atomic E-state index is 13.5. The van der Waals surface area contributed by atoms with Crippen LogP contribution in [0.25, 0.3) is 11.1 Å². The standard InChI is InChI=1S/C17H15F2N3O3/c1-9(2)22-14-6-4-11(8-15(14)25-17(22)24)20-16(23)21-13-5-3-10(18)7-12(13)19/h3-9H,1-2H3,(H2,20,21,23). The lowest BCUT2D eigenvalue weighted by atomic mass is 10.2. The van der Waals surface area contributed by atoms with Crippen molar-refractivity contribution in [3.05, 3.63) is 58.6 Å². The fourth-order valence-electron chi connectivity index (χ4n) is 2.48. The van der Waals surface area contributed by atoms with Crippen molar-refractivity contribution >= 4 is 28.5 Å². The predicted octanol–water partition coefficient (Wildman–Crippen LogP) is 4.10. The minimum atomic E-state index is -0.884. The number of hydrogen-bond donors (Lipinski definition) is 2. The quantitative estimate of drug-likeness (QED) is 0.749. The third-order valence-corrected chi connectivity index (χ3v) is 3.57. The number of oxazole rings is 1. The molecule has 25 heavy (non-hydrogen) atoms. The number of nitrogens with one attached hydrogen (secondary N) is 2. The average Bonchev–Trinajstić information content (AvgIpc) is 2.85. The minimum Gasteiger partial charge on any atom is -0.408 e. The molecule has 3 aromatic rings. The monoisotopic (exact) mass is 347 g/mol. The van der Waals surface area contributed by atoms with Gasteiger partial charge in [0.05, 0.1) is 11.2 Å². The van der Waals surface area contributed by atoms with Crippen LogP contribution in [0.4, 0.5) is 25.0 Å². The molecule has 1 aromatic heterocycles. The van der Waals surface area contributed by atoms with E-state index in [4.69, 9.17) is 4.42 Å². The first-order valence-corrected chi connectivity index (χ1v) is 7.53. The third-order valence-electron chi connectivity index (χ3n) is 3.57. The first kappa shape index (κ1) is 16.7. The molecule has 3 rings (SSSR count). The van der Waals surface area contributed by atoms with Gasteiger partial charge in [-0.1, -0.05) is 0 Å². The smallest absolute Gasteiger partial charge is 0.408 e. The van der Waals surface area contributed by atoms with E-state index in [-0.39, 0.29) is 11.7 Å². The van der Waals surface area contributed by atoms with Crippen molar-refractivity contribution in [1.82, 2.24) is 4.57 Å². The van der Waals surface area contributed by atoms with E-state index in [1.165, 1.54) is 10.6 Å². The topological polar surface area (TPSA) is 76.3 Å². The molecular formula is C17H15F2N3O3. The van der Waals surface area contributed by atoms with Crippen LogP contribution < -0.4 is 16.4 Å². The van der Waals surface area contributed by atoms with Gasteiger partial charge in [-0.3, -0.25) is 4.57 Å². The minimum absolute atomic E-state index is 0.0719. The van der Waals surface area contributed by atoms with E-state index in [9.17, 15) is 18.4 Å². The molecule has 1 heterocycles. The van der Waals surface area contributed by atoms with Gasteiger partial charge in [0, 0.05) is 23.9 Å². The second-order valence-electron chi connectivity index (χ2n) is 5.72. The summed E-state index contributed by atoms with van der Waals surface area (Å²) in [6.07, 6.45) is 0. The van der Waals surface area contributed by atoms with Gasteiger partial charge in [-0.15, -0.1) is 0 Å². The molecule has 0 fully saturated rings. The van der Waals surface area contributed by atoms with Crippen molar-refractivity contribution in [3.63, 3.8) is 0 Å². The summed E-state index contributed by atoms with van der Waals surface area (Å²) in [4.78, 5) is 23.8. The SMILES string of the molecule is CC(C)n1c(=O)oc2cc(NC(=O)Nc3ccc(F)cc3F)ccc21. The molecule has 6 nitrogen and oxygen atoms in total. The highest BCUT2D eigenvalue weighted by Crippen LogP contribution is 2.21. The predicted molar refractivity (Wildman–Crippen MR) is 89.9 cm³/mol. The molecule has 0 saturated heterocycles. The van der Waals surface area contributed by atoms with Crippen LogP contribution in [0.3, 0.4) is 0 Å². The molecule has 8 heteroatoms. The summed E-state index contributed by atoms with van der Waals surface area (Å²) >= 11 is 0. The van der Waals surface area contributed by atoms with E-state index in [1.807, 2.05) is 13.8 Å². The maximum Gasteiger partial charge on any atom is 0.420 e. The largest absolute Gasteiger partial charge is 0.420 e. The van der Waals surface area contributed by atoms with Gasteiger partial charge in [0.1, 0.15) is 11.6 Å². The van der Waals surface area contributed by atoms with E-state index < -0.39 is 23.4 Å². The zero-order valence-electron chi connectivity index (χ0n) is 13.5. The molecule has 130 valence electrons. The molecule has 0 unspecified atom stereocenters. The van der Waals surface area contributed by atoms with Crippen molar-refractivity contribution in [2.45, 2.75) is 19.9 Å². The van der Waals surface area contributed by atoms with Crippen LogP contribution in [0.5, 0.6) is 0 Å². The Kier molecular flexibility index (Phi) is 4.26. The fraction of sp³-hybridized carbons (Fsp3) is 0.176. The van der Waals surface area contributed by atoms with Gasteiger partial charge < -0.3 is 15.1 Å². The van der Waals surface area contributed by atoms with E-state index in [0.29, 0.717) is 22.9 Å². The number of fused-ring (bicyclic) bond motifs is 1. The molecule has 0 spiro atoms. The number of amides is 2. The Morgan fingerprint density at radius 1 is 1.12 bits per heavy atom. The number of hydrogen-bond acceptors (Lipinski definition) is 3.